The first-order valence-corrected chi connectivity index (χ1v) is 8.61. The van der Waals surface area contributed by atoms with E-state index in [0.717, 1.165) is 17.7 Å². The zero-order valence-electron chi connectivity index (χ0n) is 12.5. The Balaban J connectivity index is 1.58. The van der Waals surface area contributed by atoms with Crippen molar-refractivity contribution in [2.45, 2.75) is 31.2 Å². The smallest absolute Gasteiger partial charge is 0.310 e. The van der Waals surface area contributed by atoms with Gasteiger partial charge in [-0.25, -0.2) is 0 Å². The molecule has 6 atom stereocenters. The van der Waals surface area contributed by atoms with E-state index in [0.29, 0.717) is 0 Å². The Morgan fingerprint density at radius 1 is 1.27 bits per heavy atom. The highest BCUT2D eigenvalue weighted by Crippen LogP contribution is 2.60. The summed E-state index contributed by atoms with van der Waals surface area (Å²) in [5.74, 6) is -0.379. The minimum absolute atomic E-state index is 0.0341. The van der Waals surface area contributed by atoms with Gasteiger partial charge >= 0.3 is 5.97 Å². The molecule has 2 aliphatic carbocycles. The Hall–Kier alpha value is -1.36. The van der Waals surface area contributed by atoms with Crippen molar-refractivity contribution in [1.29, 1.82) is 0 Å². The highest BCUT2D eigenvalue weighted by molar-refractivity contribution is 9.09. The van der Waals surface area contributed by atoms with E-state index in [2.05, 4.69) is 21.2 Å². The first kappa shape index (κ1) is 14.2. The summed E-state index contributed by atoms with van der Waals surface area (Å²) in [6.45, 7) is 4.07. The lowest BCUT2D eigenvalue weighted by atomic mass is 9.79. The molecule has 1 N–H and O–H groups in total. The number of amides is 1. The molecule has 1 heterocycles. The summed E-state index contributed by atoms with van der Waals surface area (Å²) in [5.41, 5.74) is 3.13. The van der Waals surface area contributed by atoms with E-state index < -0.39 is 0 Å². The van der Waals surface area contributed by atoms with Crippen molar-refractivity contribution in [3.63, 3.8) is 0 Å². The molecule has 0 unspecified atom stereocenters. The molecule has 0 spiro atoms. The van der Waals surface area contributed by atoms with Crippen LogP contribution in [0.3, 0.4) is 0 Å². The van der Waals surface area contributed by atoms with Gasteiger partial charge in [0.15, 0.2) is 0 Å². The number of anilines is 1. The lowest BCUT2D eigenvalue weighted by molar-refractivity contribution is -0.145. The normalized spacial score (nSPS) is 38.2. The van der Waals surface area contributed by atoms with Crippen LogP contribution in [0.4, 0.5) is 5.69 Å². The summed E-state index contributed by atoms with van der Waals surface area (Å²) in [4.78, 5) is 24.9. The van der Waals surface area contributed by atoms with E-state index in [1.54, 1.807) is 0 Å². The Kier molecular flexibility index (Phi) is 3.12. The molecule has 1 aliphatic heterocycles. The van der Waals surface area contributed by atoms with Gasteiger partial charge in [0.25, 0.3) is 0 Å². The summed E-state index contributed by atoms with van der Waals surface area (Å²) in [7, 11) is 0. The van der Waals surface area contributed by atoms with E-state index in [4.69, 9.17) is 4.74 Å². The molecule has 4 rings (SSSR count). The van der Waals surface area contributed by atoms with Gasteiger partial charge in [-0.1, -0.05) is 22.0 Å². The van der Waals surface area contributed by atoms with Crippen molar-refractivity contribution < 1.29 is 14.3 Å². The Bertz CT molecular complexity index is 674. The van der Waals surface area contributed by atoms with Gasteiger partial charge in [0.05, 0.1) is 16.7 Å². The van der Waals surface area contributed by atoms with Gasteiger partial charge in [-0.15, -0.1) is 0 Å². The Labute approximate surface area is 137 Å². The van der Waals surface area contributed by atoms with Gasteiger partial charge in [0.2, 0.25) is 5.91 Å². The third-order valence-corrected chi connectivity index (χ3v) is 6.80. The number of nitrogens with one attached hydrogen (secondary N) is 1. The molecule has 1 aromatic carbocycles. The maximum atomic E-state index is 12.7. The quantitative estimate of drug-likeness (QED) is 0.649. The Morgan fingerprint density at radius 3 is 2.77 bits per heavy atom. The molecule has 22 heavy (non-hydrogen) atoms. The SMILES string of the molecule is Cc1ccc(NC(=O)[C@H]2[C@@H]3C[C@H]4[C@H](OC(=O)[C@@H]42)[C@@H]3Br)cc1C. The van der Waals surface area contributed by atoms with Gasteiger partial charge in [0.1, 0.15) is 6.10 Å². The average molecular weight is 364 g/mol. The number of fused-ring (bicyclic) bond motifs is 1. The van der Waals surface area contributed by atoms with E-state index in [9.17, 15) is 9.59 Å². The van der Waals surface area contributed by atoms with Crippen LogP contribution in [0.2, 0.25) is 0 Å². The number of alkyl halides is 1. The standard InChI is InChI=1S/C17H18BrNO3/c1-7-3-4-9(5-8(7)2)19-16(20)12-10-6-11-13(12)17(21)22-15(11)14(10)18/h3-5,10-15H,6H2,1-2H3,(H,19,20)/t10-,11+,12-,13-,14+,15-/m0/s1. The van der Waals surface area contributed by atoms with Crippen LogP contribution in [0, 0.1) is 37.5 Å². The van der Waals surface area contributed by atoms with Crippen LogP contribution in [0.25, 0.3) is 0 Å². The number of ether oxygens (including phenoxy) is 1. The fraction of sp³-hybridized carbons (Fsp3) is 0.529. The van der Waals surface area contributed by atoms with Gasteiger partial charge in [-0.05, 0) is 49.4 Å². The molecular formula is C17H18BrNO3. The second-order valence-electron chi connectivity index (χ2n) is 6.75. The third kappa shape index (κ3) is 1.87. The van der Waals surface area contributed by atoms with Gasteiger partial charge in [-0.3, -0.25) is 9.59 Å². The molecule has 4 nitrogen and oxygen atoms in total. The largest absolute Gasteiger partial charge is 0.461 e. The van der Waals surface area contributed by atoms with Crippen molar-refractivity contribution in [2.24, 2.45) is 23.7 Å². The predicted octanol–water partition coefficient (Wildman–Crippen LogP) is 2.81. The van der Waals surface area contributed by atoms with Crippen LogP contribution in [0.1, 0.15) is 17.5 Å². The topological polar surface area (TPSA) is 55.4 Å². The molecular weight excluding hydrogens is 346 g/mol. The molecule has 1 amide bonds. The fourth-order valence-corrected chi connectivity index (χ4v) is 5.42. The zero-order valence-corrected chi connectivity index (χ0v) is 14.1. The number of esters is 1. The van der Waals surface area contributed by atoms with Crippen molar-refractivity contribution in [1.82, 2.24) is 0 Å². The van der Waals surface area contributed by atoms with E-state index in [1.807, 2.05) is 32.0 Å². The van der Waals surface area contributed by atoms with Crippen LogP contribution in [0.5, 0.6) is 0 Å². The molecule has 0 aromatic heterocycles. The van der Waals surface area contributed by atoms with Crippen molar-refractivity contribution in [3.05, 3.63) is 29.3 Å². The minimum atomic E-state index is -0.276. The number of rotatable bonds is 2. The van der Waals surface area contributed by atoms with Crippen molar-refractivity contribution in [3.8, 4) is 0 Å². The summed E-state index contributed by atoms with van der Waals surface area (Å²) in [6.07, 6.45) is 0.871. The van der Waals surface area contributed by atoms with Crippen molar-refractivity contribution >= 4 is 33.5 Å². The van der Waals surface area contributed by atoms with E-state index in [-0.39, 0.29) is 46.5 Å². The number of hydrogen-bond donors (Lipinski definition) is 1. The number of aryl methyl sites for hydroxylation is 2. The number of hydrogen-bond acceptors (Lipinski definition) is 3. The van der Waals surface area contributed by atoms with Gasteiger partial charge in [0, 0.05) is 11.6 Å². The molecule has 2 saturated carbocycles. The lowest BCUT2D eigenvalue weighted by Gasteiger charge is -2.27. The number of benzene rings is 1. The predicted molar refractivity (Wildman–Crippen MR) is 85.7 cm³/mol. The molecule has 5 heteroatoms. The van der Waals surface area contributed by atoms with Crippen LogP contribution >= 0.6 is 15.9 Å². The lowest BCUT2D eigenvalue weighted by Crippen LogP contribution is -2.40. The van der Waals surface area contributed by atoms with Crippen LogP contribution in [-0.2, 0) is 14.3 Å². The second kappa shape index (κ2) is 4.82. The maximum absolute atomic E-state index is 12.7. The monoisotopic (exact) mass is 363 g/mol. The van der Waals surface area contributed by atoms with E-state index >= 15 is 0 Å². The first-order chi connectivity index (χ1) is 10.5. The number of carbonyl (C=O) groups is 2. The molecule has 1 aromatic rings. The molecule has 3 aliphatic rings. The minimum Gasteiger partial charge on any atom is -0.461 e. The average Bonchev–Trinajstić information content (AvgIpc) is 3.07. The molecule has 116 valence electrons. The molecule has 3 fully saturated rings. The third-order valence-electron chi connectivity index (χ3n) is 5.60. The second-order valence-corrected chi connectivity index (χ2v) is 7.81. The highest BCUT2D eigenvalue weighted by Gasteiger charge is 2.67. The van der Waals surface area contributed by atoms with Gasteiger partial charge in [-0.2, -0.15) is 0 Å². The summed E-state index contributed by atoms with van der Waals surface area (Å²) in [6, 6.07) is 5.88. The highest BCUT2D eigenvalue weighted by atomic mass is 79.9. The summed E-state index contributed by atoms with van der Waals surface area (Å²) in [5, 5.41) is 2.99. The zero-order chi connectivity index (χ0) is 15.6. The maximum Gasteiger partial charge on any atom is 0.310 e. The van der Waals surface area contributed by atoms with Crippen LogP contribution < -0.4 is 5.32 Å². The fourth-order valence-electron chi connectivity index (χ4n) is 4.38. The molecule has 2 bridgehead atoms. The van der Waals surface area contributed by atoms with Crippen LogP contribution in [0.15, 0.2) is 18.2 Å². The van der Waals surface area contributed by atoms with Gasteiger partial charge < -0.3 is 10.1 Å². The Morgan fingerprint density at radius 2 is 2.05 bits per heavy atom. The van der Waals surface area contributed by atoms with Crippen LogP contribution in [-0.4, -0.2) is 22.8 Å². The summed E-state index contributed by atoms with van der Waals surface area (Å²) < 4.78 is 5.45. The first-order valence-electron chi connectivity index (χ1n) is 7.70. The number of halogens is 1. The van der Waals surface area contributed by atoms with E-state index in [1.165, 1.54) is 5.56 Å². The molecule has 1 saturated heterocycles. The summed E-state index contributed by atoms with van der Waals surface area (Å²) >= 11 is 3.63. The van der Waals surface area contributed by atoms with Crippen molar-refractivity contribution in [2.75, 3.05) is 5.32 Å². The number of carbonyl (C=O) groups excluding carboxylic acids is 2. The molecule has 0 radical (unpaired) electrons.